The molecule has 9 heteroatoms. The van der Waals surface area contributed by atoms with Gasteiger partial charge in [-0.15, -0.1) is 5.10 Å². The molecule has 1 saturated carbocycles. The fraction of sp³-hybridized carbons (Fsp3) is 0.423. The molecule has 1 aliphatic carbocycles. The van der Waals surface area contributed by atoms with Gasteiger partial charge in [0, 0.05) is 25.6 Å². The highest BCUT2D eigenvalue weighted by Gasteiger charge is 2.34. The molecule has 1 amide bonds. The van der Waals surface area contributed by atoms with E-state index in [1.165, 1.54) is 0 Å². The lowest BCUT2D eigenvalue weighted by atomic mass is 10.0. The van der Waals surface area contributed by atoms with Crippen LogP contribution in [-0.4, -0.2) is 72.9 Å². The molecule has 5 rings (SSSR count). The third kappa shape index (κ3) is 5.01. The van der Waals surface area contributed by atoms with Crippen molar-refractivity contribution in [2.45, 2.75) is 24.8 Å². The molecule has 1 atom stereocenters. The number of nitrogens with zero attached hydrogens (tertiary/aromatic N) is 4. The molecule has 35 heavy (non-hydrogen) atoms. The number of amides is 1. The van der Waals surface area contributed by atoms with Crippen LogP contribution in [-0.2, 0) is 4.74 Å². The van der Waals surface area contributed by atoms with E-state index in [1.54, 1.807) is 18.9 Å². The molecule has 2 fully saturated rings. The fourth-order valence-corrected chi connectivity index (χ4v) is 4.61. The molecule has 1 aliphatic heterocycles. The predicted octanol–water partition coefficient (Wildman–Crippen LogP) is 2.97. The molecule has 2 aliphatic rings. The summed E-state index contributed by atoms with van der Waals surface area (Å²) < 4.78 is 18.3. The molecule has 0 bridgehead atoms. The number of hydrogen-bond donors (Lipinski definition) is 1. The Hall–Kier alpha value is -3.43. The Morgan fingerprint density at radius 1 is 1.09 bits per heavy atom. The molecule has 9 nitrogen and oxygen atoms in total. The molecule has 2 aromatic carbocycles. The number of benzene rings is 2. The van der Waals surface area contributed by atoms with Crippen LogP contribution in [0.1, 0.15) is 46.5 Å². The second-order valence-electron chi connectivity index (χ2n) is 8.83. The first kappa shape index (κ1) is 23.3. The minimum absolute atomic E-state index is 0.0452. The Labute approximate surface area is 205 Å². The zero-order valence-corrected chi connectivity index (χ0v) is 20.1. The third-order valence-corrected chi connectivity index (χ3v) is 6.62. The van der Waals surface area contributed by atoms with Gasteiger partial charge >= 0.3 is 0 Å². The van der Waals surface area contributed by atoms with Crippen LogP contribution in [0.25, 0.3) is 5.69 Å². The van der Waals surface area contributed by atoms with Gasteiger partial charge in [-0.1, -0.05) is 29.5 Å². The summed E-state index contributed by atoms with van der Waals surface area (Å²) in [6.07, 6.45) is 2.09. The summed E-state index contributed by atoms with van der Waals surface area (Å²) in [5, 5.41) is 11.8. The molecule has 184 valence electrons. The van der Waals surface area contributed by atoms with E-state index in [0.717, 1.165) is 42.9 Å². The summed E-state index contributed by atoms with van der Waals surface area (Å²) in [6, 6.07) is 15.7. The van der Waals surface area contributed by atoms with Gasteiger partial charge in [-0.2, -0.15) is 0 Å². The Morgan fingerprint density at radius 2 is 1.83 bits per heavy atom. The van der Waals surface area contributed by atoms with E-state index in [4.69, 9.17) is 14.2 Å². The van der Waals surface area contributed by atoms with Crippen LogP contribution < -0.4 is 14.8 Å². The zero-order chi connectivity index (χ0) is 24.2. The standard InChI is InChI=1S/C26H31N5O4/c1-33-22-11-10-19(16-23(22)34-2)21(30-12-14-35-15-13-30)17-27-26(32)24-25(18-8-9-18)31(29-28-24)20-6-4-3-5-7-20/h3-7,10-11,16,18,21H,8-9,12-15,17H2,1-2H3,(H,27,32). The lowest BCUT2D eigenvalue weighted by Gasteiger charge is -2.35. The number of carbonyl (C=O) groups is 1. The highest BCUT2D eigenvalue weighted by Crippen LogP contribution is 2.42. The van der Waals surface area contributed by atoms with Gasteiger partial charge in [0.2, 0.25) is 0 Å². The molecule has 3 aromatic rings. The largest absolute Gasteiger partial charge is 0.493 e. The minimum Gasteiger partial charge on any atom is -0.493 e. The minimum atomic E-state index is -0.201. The zero-order valence-electron chi connectivity index (χ0n) is 20.1. The lowest BCUT2D eigenvalue weighted by molar-refractivity contribution is 0.0161. The number of aromatic nitrogens is 3. The third-order valence-electron chi connectivity index (χ3n) is 6.62. The van der Waals surface area contributed by atoms with E-state index in [0.29, 0.717) is 42.9 Å². The van der Waals surface area contributed by atoms with Crippen molar-refractivity contribution in [3.05, 3.63) is 65.5 Å². The maximum Gasteiger partial charge on any atom is 0.273 e. The Morgan fingerprint density at radius 3 is 2.51 bits per heavy atom. The Balaban J connectivity index is 1.39. The van der Waals surface area contributed by atoms with Gasteiger partial charge in [-0.05, 0) is 42.7 Å². The summed E-state index contributed by atoms with van der Waals surface area (Å²) in [5.74, 6) is 1.45. The summed E-state index contributed by atoms with van der Waals surface area (Å²) in [6.45, 7) is 3.32. The smallest absolute Gasteiger partial charge is 0.273 e. The molecule has 0 radical (unpaired) electrons. The highest BCUT2D eigenvalue weighted by molar-refractivity contribution is 5.93. The van der Waals surface area contributed by atoms with Gasteiger partial charge in [-0.3, -0.25) is 9.69 Å². The number of carbonyl (C=O) groups excluding carboxylic acids is 1. The number of morpholine rings is 1. The van der Waals surface area contributed by atoms with E-state index in [-0.39, 0.29) is 11.9 Å². The van der Waals surface area contributed by atoms with Crippen LogP contribution in [0.5, 0.6) is 11.5 Å². The van der Waals surface area contributed by atoms with Crippen molar-refractivity contribution >= 4 is 5.91 Å². The van der Waals surface area contributed by atoms with Crippen LogP contribution in [0.15, 0.2) is 48.5 Å². The first-order valence-electron chi connectivity index (χ1n) is 12.0. The van der Waals surface area contributed by atoms with E-state index in [1.807, 2.05) is 48.5 Å². The first-order chi connectivity index (χ1) is 17.2. The number of para-hydroxylation sites is 1. The van der Waals surface area contributed by atoms with Crippen molar-refractivity contribution < 1.29 is 19.0 Å². The quantitative estimate of drug-likeness (QED) is 0.507. The Bertz CT molecular complexity index is 1160. The predicted molar refractivity (Wildman–Crippen MR) is 130 cm³/mol. The summed E-state index contributed by atoms with van der Waals surface area (Å²) in [7, 11) is 3.25. The van der Waals surface area contributed by atoms with Crippen molar-refractivity contribution in [2.75, 3.05) is 47.1 Å². The first-order valence-corrected chi connectivity index (χ1v) is 12.0. The summed E-state index contributed by atoms with van der Waals surface area (Å²) in [5.41, 5.74) is 3.25. The molecule has 1 saturated heterocycles. The molecule has 1 N–H and O–H groups in total. The monoisotopic (exact) mass is 477 g/mol. The van der Waals surface area contributed by atoms with Crippen molar-refractivity contribution in [3.8, 4) is 17.2 Å². The number of ether oxygens (including phenoxy) is 3. The molecular formula is C26H31N5O4. The second-order valence-corrected chi connectivity index (χ2v) is 8.83. The summed E-state index contributed by atoms with van der Waals surface area (Å²) >= 11 is 0. The van der Waals surface area contributed by atoms with Gasteiger partial charge in [0.15, 0.2) is 17.2 Å². The molecule has 0 spiro atoms. The van der Waals surface area contributed by atoms with Gasteiger partial charge in [0.05, 0.1) is 44.9 Å². The maximum atomic E-state index is 13.4. The van der Waals surface area contributed by atoms with Crippen LogP contribution in [0.2, 0.25) is 0 Å². The second kappa shape index (κ2) is 10.5. The van der Waals surface area contributed by atoms with E-state index >= 15 is 0 Å². The van der Waals surface area contributed by atoms with E-state index in [9.17, 15) is 4.79 Å². The van der Waals surface area contributed by atoms with Crippen LogP contribution in [0.4, 0.5) is 0 Å². The van der Waals surface area contributed by atoms with Crippen LogP contribution in [0.3, 0.4) is 0 Å². The van der Waals surface area contributed by atoms with Gasteiger partial charge < -0.3 is 19.5 Å². The number of hydrogen-bond acceptors (Lipinski definition) is 7. The molecule has 1 aromatic heterocycles. The van der Waals surface area contributed by atoms with E-state index in [2.05, 4.69) is 20.5 Å². The normalized spacial score (nSPS) is 17.1. The van der Waals surface area contributed by atoms with E-state index < -0.39 is 0 Å². The van der Waals surface area contributed by atoms with Crippen LogP contribution in [0, 0.1) is 0 Å². The number of methoxy groups -OCH3 is 2. The SMILES string of the molecule is COc1ccc(C(CNC(=O)c2nnn(-c3ccccc3)c2C2CC2)N2CCOCC2)cc1OC. The molecule has 1 unspecified atom stereocenters. The van der Waals surface area contributed by atoms with Crippen LogP contribution >= 0.6 is 0 Å². The van der Waals surface area contributed by atoms with Gasteiger partial charge in [0.25, 0.3) is 5.91 Å². The molecular weight excluding hydrogens is 446 g/mol. The average molecular weight is 478 g/mol. The van der Waals surface area contributed by atoms with Crippen molar-refractivity contribution in [1.82, 2.24) is 25.2 Å². The van der Waals surface area contributed by atoms with Crippen molar-refractivity contribution in [2.24, 2.45) is 0 Å². The fourth-order valence-electron chi connectivity index (χ4n) is 4.61. The highest BCUT2D eigenvalue weighted by atomic mass is 16.5. The maximum absolute atomic E-state index is 13.4. The summed E-state index contributed by atoms with van der Waals surface area (Å²) in [4.78, 5) is 15.7. The van der Waals surface area contributed by atoms with Crippen molar-refractivity contribution in [3.63, 3.8) is 0 Å². The van der Waals surface area contributed by atoms with Gasteiger partial charge in [-0.25, -0.2) is 4.68 Å². The number of nitrogens with one attached hydrogen (secondary N) is 1. The molecule has 2 heterocycles. The van der Waals surface area contributed by atoms with Crippen molar-refractivity contribution in [1.29, 1.82) is 0 Å². The topological polar surface area (TPSA) is 90.7 Å². The Kier molecular flexibility index (Phi) is 6.96. The van der Waals surface area contributed by atoms with Gasteiger partial charge in [0.1, 0.15) is 0 Å². The average Bonchev–Trinajstić information content (AvgIpc) is 3.66. The number of rotatable bonds is 9. The lowest BCUT2D eigenvalue weighted by Crippen LogP contribution is -2.44.